The van der Waals surface area contributed by atoms with Crippen LogP contribution in [0.1, 0.15) is 27.9 Å². The Morgan fingerprint density at radius 2 is 2.17 bits per heavy atom. The number of ether oxygens (including phenoxy) is 1. The van der Waals surface area contributed by atoms with Gasteiger partial charge in [-0.2, -0.15) is 5.10 Å². The van der Waals surface area contributed by atoms with E-state index in [1.54, 1.807) is 25.3 Å². The van der Waals surface area contributed by atoms with Gasteiger partial charge in [-0.25, -0.2) is 0 Å². The lowest BCUT2D eigenvalue weighted by Crippen LogP contribution is -2.24. The van der Waals surface area contributed by atoms with Crippen molar-refractivity contribution in [3.05, 3.63) is 59.7 Å². The molecule has 0 fully saturated rings. The predicted molar refractivity (Wildman–Crippen MR) is 83.2 cm³/mol. The molecule has 0 aliphatic carbocycles. The van der Waals surface area contributed by atoms with Crippen LogP contribution in [0, 0.1) is 0 Å². The van der Waals surface area contributed by atoms with Gasteiger partial charge in [-0.15, -0.1) is 0 Å². The van der Waals surface area contributed by atoms with Gasteiger partial charge in [0.25, 0.3) is 5.91 Å². The van der Waals surface area contributed by atoms with Crippen LogP contribution in [0.3, 0.4) is 0 Å². The molecular weight excluding hydrogens is 294 g/mol. The zero-order chi connectivity index (χ0) is 16.0. The van der Waals surface area contributed by atoms with Gasteiger partial charge in [0.15, 0.2) is 0 Å². The molecule has 116 valence electrons. The van der Waals surface area contributed by atoms with E-state index in [4.69, 9.17) is 9.15 Å². The van der Waals surface area contributed by atoms with E-state index in [0.29, 0.717) is 11.5 Å². The predicted octanol–water partition coefficient (Wildman–Crippen LogP) is 2.85. The lowest BCUT2D eigenvalue weighted by molar-refractivity contribution is 0.0777. The van der Waals surface area contributed by atoms with Crippen LogP contribution < -0.4 is 4.74 Å². The first-order valence-electron chi connectivity index (χ1n) is 7.24. The van der Waals surface area contributed by atoms with Crippen molar-refractivity contribution in [3.63, 3.8) is 0 Å². The summed E-state index contributed by atoms with van der Waals surface area (Å²) in [5.41, 5.74) is 2.96. The molecule has 2 aromatic heterocycles. The average molecular weight is 309 g/mol. The Bertz CT molecular complexity index is 867. The topological polar surface area (TPSA) is 71.4 Å². The van der Waals surface area contributed by atoms with Crippen molar-refractivity contribution >= 4 is 5.91 Å². The number of aromatic nitrogens is 2. The fraction of sp³-hybridized carbons (Fsp3) is 0.176. The van der Waals surface area contributed by atoms with Crippen LogP contribution >= 0.6 is 0 Å². The van der Waals surface area contributed by atoms with E-state index in [2.05, 4.69) is 10.2 Å². The van der Waals surface area contributed by atoms with E-state index in [9.17, 15) is 4.79 Å². The van der Waals surface area contributed by atoms with E-state index >= 15 is 0 Å². The highest BCUT2D eigenvalue weighted by molar-refractivity contribution is 5.99. The first-order chi connectivity index (χ1) is 11.2. The van der Waals surface area contributed by atoms with Crippen molar-refractivity contribution in [3.8, 4) is 17.0 Å². The van der Waals surface area contributed by atoms with Crippen molar-refractivity contribution < 1.29 is 13.9 Å². The Balaban J connectivity index is 1.89. The quantitative estimate of drug-likeness (QED) is 0.807. The summed E-state index contributed by atoms with van der Waals surface area (Å²) >= 11 is 0. The number of nitrogens with one attached hydrogen (secondary N) is 1. The highest BCUT2D eigenvalue weighted by Crippen LogP contribution is 2.42. The van der Waals surface area contributed by atoms with Gasteiger partial charge in [0.05, 0.1) is 19.1 Å². The number of rotatable bonds is 3. The van der Waals surface area contributed by atoms with E-state index in [0.717, 1.165) is 22.6 Å². The number of methoxy groups -OCH3 is 1. The van der Waals surface area contributed by atoms with Crippen LogP contribution in [0.4, 0.5) is 0 Å². The maximum absolute atomic E-state index is 12.5. The Hall–Kier alpha value is -3.02. The number of hydrogen-bond donors (Lipinski definition) is 1. The molecule has 1 atom stereocenters. The number of aromatic amines is 1. The Labute approximate surface area is 132 Å². The molecule has 23 heavy (non-hydrogen) atoms. The first-order valence-corrected chi connectivity index (χ1v) is 7.24. The molecule has 1 aliphatic heterocycles. The van der Waals surface area contributed by atoms with Crippen LogP contribution in [0.25, 0.3) is 11.3 Å². The van der Waals surface area contributed by atoms with Crippen LogP contribution in [0.5, 0.6) is 5.75 Å². The molecule has 0 saturated heterocycles. The average Bonchev–Trinajstić information content (AvgIpc) is 3.28. The zero-order valence-corrected chi connectivity index (χ0v) is 12.7. The lowest BCUT2D eigenvalue weighted by atomic mass is 10.0. The third kappa shape index (κ3) is 1.95. The van der Waals surface area contributed by atoms with E-state index in [1.165, 1.54) is 0 Å². The van der Waals surface area contributed by atoms with Gasteiger partial charge in [-0.05, 0) is 24.3 Å². The molecule has 1 aliphatic rings. The minimum Gasteiger partial charge on any atom is -0.497 e. The van der Waals surface area contributed by atoms with Gasteiger partial charge in [0, 0.05) is 18.2 Å². The van der Waals surface area contributed by atoms with Gasteiger partial charge in [-0.3, -0.25) is 9.89 Å². The number of fused-ring (bicyclic) bond motifs is 1. The summed E-state index contributed by atoms with van der Waals surface area (Å²) in [6.45, 7) is 0. The second-order valence-electron chi connectivity index (χ2n) is 5.43. The molecule has 0 saturated carbocycles. The number of furan rings is 1. The van der Waals surface area contributed by atoms with Crippen LogP contribution in [-0.2, 0) is 0 Å². The zero-order valence-electron chi connectivity index (χ0n) is 12.7. The number of hydrogen-bond acceptors (Lipinski definition) is 4. The monoisotopic (exact) mass is 309 g/mol. The summed E-state index contributed by atoms with van der Waals surface area (Å²) in [4.78, 5) is 14.1. The summed E-state index contributed by atoms with van der Waals surface area (Å²) in [7, 11) is 3.38. The van der Waals surface area contributed by atoms with Crippen LogP contribution in [0.2, 0.25) is 0 Å². The highest BCUT2D eigenvalue weighted by atomic mass is 16.5. The molecule has 1 aromatic carbocycles. The lowest BCUT2D eigenvalue weighted by Gasteiger charge is -2.19. The highest BCUT2D eigenvalue weighted by Gasteiger charge is 2.41. The number of carbonyl (C=O) groups is 1. The van der Waals surface area contributed by atoms with E-state index in [1.807, 2.05) is 36.4 Å². The van der Waals surface area contributed by atoms with Crippen molar-refractivity contribution in [2.45, 2.75) is 6.04 Å². The molecule has 0 bridgehead atoms. The second-order valence-corrected chi connectivity index (χ2v) is 5.43. The third-order valence-corrected chi connectivity index (χ3v) is 4.15. The molecular formula is C17H15N3O3. The van der Waals surface area contributed by atoms with Crippen LogP contribution in [0.15, 0.2) is 47.1 Å². The van der Waals surface area contributed by atoms with Gasteiger partial charge in [-0.1, -0.05) is 12.1 Å². The molecule has 6 heteroatoms. The first kappa shape index (κ1) is 13.6. The normalized spacial score (nSPS) is 16.7. The van der Waals surface area contributed by atoms with Gasteiger partial charge in [0.2, 0.25) is 0 Å². The fourth-order valence-electron chi connectivity index (χ4n) is 3.04. The Morgan fingerprint density at radius 3 is 2.91 bits per heavy atom. The van der Waals surface area contributed by atoms with E-state index in [-0.39, 0.29) is 11.9 Å². The van der Waals surface area contributed by atoms with Crippen molar-refractivity contribution in [2.24, 2.45) is 0 Å². The Morgan fingerprint density at radius 1 is 1.30 bits per heavy atom. The van der Waals surface area contributed by atoms with Crippen LogP contribution in [-0.4, -0.2) is 35.2 Å². The van der Waals surface area contributed by atoms with Crippen molar-refractivity contribution in [2.75, 3.05) is 14.2 Å². The standard InChI is InChI=1S/C17H15N3O3/c1-20-16(12-7-4-8-23-12)13-14(18-19-15(13)17(20)21)10-5-3-6-11(9-10)22-2/h3-9,16H,1-2H3,(H,18,19)/t16-/m0/s1. The molecule has 1 N–H and O–H groups in total. The largest absolute Gasteiger partial charge is 0.497 e. The number of carbonyl (C=O) groups excluding carboxylic acids is 1. The number of H-pyrrole nitrogens is 1. The molecule has 1 amide bonds. The summed E-state index contributed by atoms with van der Waals surface area (Å²) < 4.78 is 10.8. The molecule has 3 heterocycles. The maximum atomic E-state index is 12.5. The van der Waals surface area contributed by atoms with Gasteiger partial charge in [0.1, 0.15) is 23.2 Å². The molecule has 3 aromatic rings. The number of nitrogens with zero attached hydrogens (tertiary/aromatic N) is 2. The second kappa shape index (κ2) is 5.01. The van der Waals surface area contributed by atoms with Gasteiger partial charge < -0.3 is 14.1 Å². The summed E-state index contributed by atoms with van der Waals surface area (Å²) in [5, 5.41) is 7.23. The van der Waals surface area contributed by atoms with E-state index < -0.39 is 0 Å². The molecule has 0 radical (unpaired) electrons. The minimum atomic E-state index is -0.285. The smallest absolute Gasteiger partial charge is 0.272 e. The third-order valence-electron chi connectivity index (χ3n) is 4.15. The Kier molecular flexibility index (Phi) is 2.97. The maximum Gasteiger partial charge on any atom is 0.272 e. The number of amides is 1. The molecule has 6 nitrogen and oxygen atoms in total. The fourth-order valence-corrected chi connectivity index (χ4v) is 3.04. The molecule has 4 rings (SSSR count). The summed E-state index contributed by atoms with van der Waals surface area (Å²) in [6.07, 6.45) is 1.61. The number of benzene rings is 1. The van der Waals surface area contributed by atoms with Gasteiger partial charge >= 0.3 is 0 Å². The molecule has 0 unspecified atom stereocenters. The van der Waals surface area contributed by atoms with Crippen molar-refractivity contribution in [1.82, 2.24) is 15.1 Å². The SMILES string of the molecule is COc1cccc(-c2n[nH]c3c2[C@H](c2ccco2)N(C)C3=O)c1. The molecule has 0 spiro atoms. The summed E-state index contributed by atoms with van der Waals surface area (Å²) in [5.74, 6) is 1.36. The van der Waals surface area contributed by atoms with Crippen molar-refractivity contribution in [1.29, 1.82) is 0 Å². The summed E-state index contributed by atoms with van der Waals surface area (Å²) in [6, 6.07) is 11.0. The minimum absolute atomic E-state index is 0.0944.